The van der Waals surface area contributed by atoms with Crippen molar-refractivity contribution in [3.05, 3.63) is 241 Å². The highest BCUT2D eigenvalue weighted by molar-refractivity contribution is 14.1. The minimum atomic E-state index is -0.998. The van der Waals surface area contributed by atoms with Crippen LogP contribution in [0.1, 0.15) is 183 Å². The number of amides is 6. The minimum absolute atomic E-state index is 0.0775. The van der Waals surface area contributed by atoms with Crippen LogP contribution in [0.4, 0.5) is 0 Å². The molecule has 6 aromatic heterocycles. The van der Waals surface area contributed by atoms with Gasteiger partial charge >= 0.3 is 0 Å². The van der Waals surface area contributed by atoms with E-state index in [0.717, 1.165) is 130 Å². The molecule has 2 unspecified atom stereocenters. The smallest absolute Gasteiger partial charge is 0.266 e. The Morgan fingerprint density at radius 1 is 0.452 bits per heavy atom. The molecule has 1 saturated heterocycles. The van der Waals surface area contributed by atoms with Crippen molar-refractivity contribution < 1.29 is 47.8 Å². The van der Waals surface area contributed by atoms with Crippen molar-refractivity contribution in [1.82, 2.24) is 54.6 Å². The van der Waals surface area contributed by atoms with Gasteiger partial charge < -0.3 is 9.47 Å². The molecule has 6 amide bonds. The Labute approximate surface area is 984 Å². The fourth-order valence-electron chi connectivity index (χ4n) is 14.0. The molecule has 65 heteroatoms. The molecule has 6 aliphatic rings. The molecule has 0 spiro atoms. The molecular weight excluding hydrogens is 2760 g/mol. The number of terminal acetylenes is 1. The highest BCUT2D eigenvalue weighted by Gasteiger charge is 2.48. The highest BCUT2D eigenvalue weighted by Crippen LogP contribution is 2.41. The Hall–Kier alpha value is -2.87. The van der Waals surface area contributed by atoms with Gasteiger partial charge in [-0.2, -0.15) is 0 Å². The van der Waals surface area contributed by atoms with Crippen LogP contribution in [-0.4, -0.2) is 133 Å². The summed E-state index contributed by atoms with van der Waals surface area (Å²) in [6.07, 6.45) is 13.9. The van der Waals surface area contributed by atoms with E-state index in [1.165, 1.54) is 49.5 Å². The van der Waals surface area contributed by atoms with Crippen LogP contribution in [0.25, 0.3) is 10.0 Å². The Morgan fingerprint density at radius 3 is 1.25 bits per heavy atom. The maximum absolute atomic E-state index is 13.3. The van der Waals surface area contributed by atoms with E-state index in [1.807, 2.05) is 176 Å². The van der Waals surface area contributed by atoms with Gasteiger partial charge in [-0.25, -0.2) is 9.97 Å². The fourth-order valence-corrected chi connectivity index (χ4v) is 97.1. The van der Waals surface area contributed by atoms with Gasteiger partial charge in [0.2, 0.25) is 11.8 Å². The molecule has 0 radical (unpaired) electrons. The van der Waals surface area contributed by atoms with E-state index in [0.29, 0.717) is 60.6 Å². The lowest BCUT2D eigenvalue weighted by Crippen LogP contribution is -2.54. The number of ether oxygens (including phenoxy) is 2. The van der Waals surface area contributed by atoms with Crippen LogP contribution in [0, 0.1) is 54.8 Å². The van der Waals surface area contributed by atoms with E-state index in [-0.39, 0.29) is 60.1 Å². The predicted octanol–water partition coefficient (Wildman–Crippen LogP) is 12.8. The van der Waals surface area contributed by atoms with Gasteiger partial charge in [-0.1, -0.05) is 77.7 Å². The first kappa shape index (κ1) is 122. The summed E-state index contributed by atoms with van der Waals surface area (Å²) in [7, 11) is 56.3. The van der Waals surface area contributed by atoms with Crippen LogP contribution in [0.3, 0.4) is 0 Å². The first-order valence-electron chi connectivity index (χ1n) is 41.0. The maximum Gasteiger partial charge on any atom is 0.266 e. The predicted molar refractivity (Wildman–Crippen MR) is 691 cm³/mol. The van der Waals surface area contributed by atoms with Crippen molar-refractivity contribution in [2.75, 3.05) is 13.2 Å². The van der Waals surface area contributed by atoms with Crippen molar-refractivity contribution in [1.29, 1.82) is 0 Å². The van der Waals surface area contributed by atoms with E-state index < -0.39 is 53.3 Å². The molecular formula is C81H66Cl2IN13O10S39. The Kier molecular flexibility index (Phi) is 55.0. The zero-order valence-corrected chi connectivity index (χ0v) is 110. The van der Waals surface area contributed by atoms with Gasteiger partial charge in [-0.05, 0) is 196 Å². The lowest BCUT2D eigenvalue weighted by Gasteiger charge is -2.27. The number of piperidine rings is 1. The number of halogens is 3. The number of benzene rings is 4. The van der Waals surface area contributed by atoms with Crippen LogP contribution in [-0.2, 0) is 383 Å². The topological polar surface area (TPSA) is 285 Å². The molecule has 11 heterocycles. The Balaban J connectivity index is 0.000000177. The highest BCUT2D eigenvalue weighted by atomic mass is 127. The molecule has 2 atom stereocenters. The number of imide groups is 3. The molecule has 1 saturated carbocycles. The van der Waals surface area contributed by atoms with E-state index >= 15 is 0 Å². The van der Waals surface area contributed by atoms with E-state index in [9.17, 15) is 38.4 Å². The van der Waals surface area contributed by atoms with Gasteiger partial charge in [0.1, 0.15) is 69.5 Å². The minimum Gasteiger partial charge on any atom is -0.493 e. The van der Waals surface area contributed by atoms with Crippen LogP contribution < -0.4 is 14.8 Å². The van der Waals surface area contributed by atoms with Crippen molar-refractivity contribution in [3.8, 4) is 45.7 Å². The van der Waals surface area contributed by atoms with Gasteiger partial charge in [0.25, 0.3) is 23.6 Å². The second-order valence-corrected chi connectivity index (χ2v) is 91.7. The largest absolute Gasteiger partial charge is 0.493 e. The molecule has 146 heavy (non-hydrogen) atoms. The number of nitrogens with zero attached hydrogens (tertiary/aromatic N) is 12. The third-order valence-electron chi connectivity index (χ3n) is 20.1. The second-order valence-electron chi connectivity index (χ2n) is 28.6. The van der Waals surface area contributed by atoms with E-state index in [1.54, 1.807) is 240 Å². The van der Waals surface area contributed by atoms with Gasteiger partial charge in [0.15, 0.2) is 17.4 Å². The molecule has 16 rings (SSSR count). The summed E-state index contributed by atoms with van der Waals surface area (Å²) in [6, 6.07) is 31.1. The second kappa shape index (κ2) is 66.0. The van der Waals surface area contributed by atoms with Gasteiger partial charge in [0, 0.05) is 395 Å². The molecule has 5 aliphatic heterocycles. The number of thiophene rings is 2. The average Bonchev–Trinajstić information content (AvgIpc) is 1.61. The van der Waals surface area contributed by atoms with Crippen LogP contribution in [0.5, 0.6) is 11.5 Å². The summed E-state index contributed by atoms with van der Waals surface area (Å²) in [5.74, 6) is 9.25. The lowest BCUT2D eigenvalue weighted by molar-refractivity contribution is -0.136. The lowest BCUT2D eigenvalue weighted by atomic mass is 9.92. The number of unbranched alkanes of at least 4 members (excludes halogenated alkanes) is 2. The molecule has 4 aromatic carbocycles. The number of Topliss-reactive ketones (excluding diaryl/α,β-unsaturated/α-hetero) is 2. The fraction of sp³-hybridized carbons (Fsp3) is 0.259. The first-order valence-corrected chi connectivity index (χ1v) is 91.1. The summed E-state index contributed by atoms with van der Waals surface area (Å²) in [5, 5.41) is 22.9. The number of pyridine rings is 2. The number of ketones is 2. The molecule has 10 aromatic rings. The maximum atomic E-state index is 13.3. The Morgan fingerprint density at radius 2 is 0.849 bits per heavy atom. The number of hydrogen-bond donors (Lipinski definition) is 1. The monoisotopic (exact) mass is 2820 g/mol. The average molecular weight is 2830 g/mol. The number of nitrogens with one attached hydrogen (secondary N) is 1. The number of hydrogen-bond acceptors (Lipinski definition) is 24. The van der Waals surface area contributed by atoms with Crippen molar-refractivity contribution >= 4 is 465 Å². The number of aromatic nitrogens is 8. The summed E-state index contributed by atoms with van der Waals surface area (Å²) in [5.41, 5.74) is 12.5. The summed E-state index contributed by atoms with van der Waals surface area (Å²) in [4.78, 5) is 122. The number of carbonyl (C=O) groups excluding carboxylic acids is 8. The van der Waals surface area contributed by atoms with Crippen molar-refractivity contribution in [2.45, 2.75) is 123 Å². The van der Waals surface area contributed by atoms with E-state index in [2.05, 4.69) is 121 Å². The van der Waals surface area contributed by atoms with Gasteiger partial charge in [0.05, 0.1) is 67.1 Å². The SMILES string of the molecule is C#Cc1ccc(CCCCOc2cccc3c2C(=O)N(C2CCC(=O)NC2=O)C3=O)cn1.Cc1c(C#Cc2ccc(CCCCOc3cccc4c3C(=O)N(C3CCC(=O)CC3=O)C4=O)cn2)sc2c1C(c1ccc(Cl)cc1)=NCc1nnc(C)n1-2.Cc1c(I)sc2c1C(c1ccc(Cl)cc1)=NCc1nnc(C)n1-2.S=S=S=S=S=S=S=S=S.S=S=S=S=S=S=S=S=S=S=S=S=S=S=S=S=S=S=S=S=S=S=S=S=S=S=S=S. The third-order valence-corrected chi connectivity index (χ3v) is 93.3. The molecule has 770 valence electrons. The van der Waals surface area contributed by atoms with Gasteiger partial charge in [-0.15, -0.1) is 49.5 Å². The quantitative estimate of drug-likeness (QED) is 0.0309. The van der Waals surface area contributed by atoms with E-state index in [4.69, 9.17) is 71.5 Å². The standard InChI is InChI=1S/C41H33ClN6O5S.C24H21N3O5.C16H12ClIN4S.S28.S9/c1-23-34(54-41-36(23)38(26-10-12-27(42)13-11-26)44-22-35-46-45-24(2)47(35)41)18-15-28-14-9-25(21-43-28)6-3-4-19-53-33-8-5-7-30-37(33)40(52)48(39(30)51)31-17-16-29(49)20-32(31)50;1-2-16-10-9-15(14-25-16)6-3-4-13-32-19-8-5-7-17-21(19)24(31)27(23(17)30)18-11-12-20(28)26-22(18)29;1-8-13-14(10-3-5-11(17)6-4-10)19-7-12-21-20-9(2)22(12)16(13)23-15(8)18;1-3-5-7-9-11-13-15-17-19-21-23-25-27-28-26-24-22-20-18-16-14-12-10-8-6-4-2;1-3-5-7-9-8-6-4-2/h5,7-14,21,31H,3-4,6,16-17,19-20,22H2,1-2H3;1,5,7-10,14,18H,3-4,6,11-13H2,(H,26,28,29);3-6H,7H2,1-2H3;;. The van der Waals surface area contributed by atoms with Crippen molar-refractivity contribution in [3.63, 3.8) is 0 Å². The third kappa shape index (κ3) is 36.1. The normalized spacial score (nSPS) is 13.9. The zero-order chi connectivity index (χ0) is 104. The zero-order valence-electron chi connectivity index (χ0n) is 74.4. The van der Waals surface area contributed by atoms with Crippen LogP contribution in [0.2, 0.25) is 10.0 Å². The number of fused-ring (bicyclic) bond motifs is 8. The molecule has 1 N–H and O–H groups in total. The summed E-state index contributed by atoms with van der Waals surface area (Å²) in [6.45, 7) is 9.78. The molecule has 23 nitrogen and oxygen atoms in total. The van der Waals surface area contributed by atoms with Crippen LogP contribution >= 0.6 is 68.5 Å². The number of aliphatic imine (C=N–C) groups is 2. The number of aryl methyl sites for hydroxylation is 4. The van der Waals surface area contributed by atoms with Crippen molar-refractivity contribution in [2.24, 2.45) is 9.98 Å². The summed E-state index contributed by atoms with van der Waals surface area (Å²) < 4.78 is 17.3. The number of carbonyl (C=O) groups is 8. The Bertz CT molecular complexity index is 8630. The summed E-state index contributed by atoms with van der Waals surface area (Å²) >= 11 is 36.8. The molecule has 2 fully saturated rings. The van der Waals surface area contributed by atoms with Gasteiger partial charge in [-0.3, -0.25) is 72.6 Å². The molecule has 0 bridgehead atoms. The number of rotatable bonds is 16. The first-order chi connectivity index (χ1) is 71.1. The molecule has 1 aliphatic carbocycles. The van der Waals surface area contributed by atoms with Crippen LogP contribution in [0.15, 0.2) is 132 Å².